The molecule has 1 heterocycles. The first-order valence-electron chi connectivity index (χ1n) is 4.48. The highest BCUT2D eigenvalue weighted by atomic mass is 16.6. The van der Waals surface area contributed by atoms with Crippen molar-refractivity contribution in [3.05, 3.63) is 27.9 Å². The second-order valence-electron chi connectivity index (χ2n) is 2.86. The summed E-state index contributed by atoms with van der Waals surface area (Å²) in [6, 6.07) is 4.48. The fourth-order valence-electron chi connectivity index (χ4n) is 1.03. The van der Waals surface area contributed by atoms with E-state index >= 15 is 0 Å². The van der Waals surface area contributed by atoms with Crippen LogP contribution in [0.25, 0.3) is 0 Å². The van der Waals surface area contributed by atoms with Crippen LogP contribution in [0.4, 0.5) is 11.5 Å². The Kier molecular flexibility index (Phi) is 3.57. The predicted octanol–water partition coefficient (Wildman–Crippen LogP) is 1.68. The topological polar surface area (TPSA) is 91.9 Å². The molecule has 6 nitrogen and oxygen atoms in total. The Morgan fingerprint density at radius 1 is 1.67 bits per heavy atom. The maximum Gasteiger partial charge on any atom is 0.305 e. The Hall–Kier alpha value is -2.16. The van der Waals surface area contributed by atoms with Gasteiger partial charge >= 0.3 is 5.69 Å². The number of hydrogen-bond acceptors (Lipinski definition) is 5. The minimum atomic E-state index is -0.616. The Balaban J connectivity index is 2.98. The van der Waals surface area contributed by atoms with Crippen LogP contribution in [0, 0.1) is 21.4 Å². The molecular formula is C9H10N4O2. The highest BCUT2D eigenvalue weighted by Gasteiger charge is 2.14. The van der Waals surface area contributed by atoms with Gasteiger partial charge in [0.05, 0.1) is 4.92 Å². The van der Waals surface area contributed by atoms with Crippen molar-refractivity contribution < 1.29 is 4.92 Å². The number of nitrogens with zero attached hydrogens (tertiary/aromatic N) is 3. The molecule has 1 aromatic rings. The second-order valence-corrected chi connectivity index (χ2v) is 2.86. The van der Waals surface area contributed by atoms with E-state index in [9.17, 15) is 10.1 Å². The van der Waals surface area contributed by atoms with Crippen LogP contribution in [0.5, 0.6) is 0 Å². The molecule has 0 saturated heterocycles. The van der Waals surface area contributed by atoms with Crippen molar-refractivity contribution in [2.24, 2.45) is 0 Å². The molecule has 0 aliphatic rings. The molecule has 0 aliphatic heterocycles. The van der Waals surface area contributed by atoms with E-state index in [2.05, 4.69) is 10.3 Å². The number of nitro groups is 1. The van der Waals surface area contributed by atoms with Gasteiger partial charge in [-0.1, -0.05) is 6.92 Å². The van der Waals surface area contributed by atoms with Gasteiger partial charge in [0.15, 0.2) is 0 Å². The van der Waals surface area contributed by atoms with E-state index in [1.54, 1.807) is 6.07 Å². The van der Waals surface area contributed by atoms with Crippen LogP contribution in [0.1, 0.15) is 19.0 Å². The largest absolute Gasteiger partial charge is 0.370 e. The zero-order chi connectivity index (χ0) is 11.3. The van der Waals surface area contributed by atoms with Crippen LogP contribution in [0.3, 0.4) is 0 Å². The average molecular weight is 206 g/mol. The van der Waals surface area contributed by atoms with E-state index in [1.807, 2.05) is 6.92 Å². The van der Waals surface area contributed by atoms with Gasteiger partial charge in [0.25, 0.3) is 0 Å². The smallest absolute Gasteiger partial charge is 0.305 e. The lowest BCUT2D eigenvalue weighted by atomic mass is 10.3. The highest BCUT2D eigenvalue weighted by molar-refractivity contribution is 5.50. The lowest BCUT2D eigenvalue weighted by Gasteiger charge is -2.03. The summed E-state index contributed by atoms with van der Waals surface area (Å²) >= 11 is 0. The fourth-order valence-corrected chi connectivity index (χ4v) is 1.03. The van der Waals surface area contributed by atoms with Crippen LogP contribution in [-0.2, 0) is 0 Å². The van der Waals surface area contributed by atoms with Gasteiger partial charge in [-0.05, 0) is 12.5 Å². The zero-order valence-electron chi connectivity index (χ0n) is 8.23. The molecular weight excluding hydrogens is 196 g/mol. The minimum Gasteiger partial charge on any atom is -0.370 e. The van der Waals surface area contributed by atoms with Crippen molar-refractivity contribution in [1.29, 1.82) is 5.26 Å². The van der Waals surface area contributed by atoms with E-state index in [1.165, 1.54) is 12.1 Å². The van der Waals surface area contributed by atoms with Crippen molar-refractivity contribution >= 4 is 11.5 Å². The summed E-state index contributed by atoms with van der Waals surface area (Å²) < 4.78 is 0. The third kappa shape index (κ3) is 2.64. The summed E-state index contributed by atoms with van der Waals surface area (Å²) in [7, 11) is 0. The molecule has 0 unspecified atom stereocenters. The molecule has 0 saturated carbocycles. The summed E-state index contributed by atoms with van der Waals surface area (Å²) in [4.78, 5) is 13.7. The van der Waals surface area contributed by atoms with Crippen molar-refractivity contribution in [3.8, 4) is 6.07 Å². The molecule has 6 heteroatoms. The van der Waals surface area contributed by atoms with E-state index < -0.39 is 4.92 Å². The van der Waals surface area contributed by atoms with Crippen LogP contribution in [0.15, 0.2) is 12.1 Å². The van der Waals surface area contributed by atoms with Gasteiger partial charge in [0, 0.05) is 12.6 Å². The van der Waals surface area contributed by atoms with Crippen molar-refractivity contribution in [1.82, 2.24) is 4.98 Å². The van der Waals surface area contributed by atoms with Crippen molar-refractivity contribution in [2.45, 2.75) is 13.3 Å². The molecule has 0 amide bonds. The number of nitriles is 1. The normalized spacial score (nSPS) is 9.33. The SMILES string of the molecule is CCCNc1ccc([N+](=O)[O-])c(C#N)n1. The molecule has 0 bridgehead atoms. The average Bonchev–Trinajstić information content (AvgIpc) is 2.25. The van der Waals surface area contributed by atoms with E-state index in [-0.39, 0.29) is 11.4 Å². The zero-order valence-corrected chi connectivity index (χ0v) is 8.23. The highest BCUT2D eigenvalue weighted by Crippen LogP contribution is 2.17. The van der Waals surface area contributed by atoms with Crippen molar-refractivity contribution in [2.75, 3.05) is 11.9 Å². The molecule has 78 valence electrons. The molecule has 0 aliphatic carbocycles. The molecule has 15 heavy (non-hydrogen) atoms. The summed E-state index contributed by atoms with van der Waals surface area (Å²) in [6.45, 7) is 2.71. The quantitative estimate of drug-likeness (QED) is 0.597. The van der Waals surface area contributed by atoms with Gasteiger partial charge in [0.2, 0.25) is 5.69 Å². The Morgan fingerprint density at radius 3 is 2.93 bits per heavy atom. The van der Waals surface area contributed by atoms with Gasteiger partial charge in [-0.25, -0.2) is 4.98 Å². The predicted molar refractivity (Wildman–Crippen MR) is 54.4 cm³/mol. The maximum absolute atomic E-state index is 10.5. The van der Waals surface area contributed by atoms with Crippen LogP contribution in [-0.4, -0.2) is 16.5 Å². The van der Waals surface area contributed by atoms with Gasteiger partial charge < -0.3 is 5.32 Å². The Labute approximate surface area is 86.7 Å². The first kappa shape index (κ1) is 10.9. The second kappa shape index (κ2) is 4.91. The molecule has 0 spiro atoms. The molecule has 1 N–H and O–H groups in total. The van der Waals surface area contributed by atoms with Gasteiger partial charge in [-0.2, -0.15) is 5.26 Å². The van der Waals surface area contributed by atoms with Gasteiger partial charge in [-0.15, -0.1) is 0 Å². The first-order valence-corrected chi connectivity index (χ1v) is 4.48. The number of nitrogens with one attached hydrogen (secondary N) is 1. The lowest BCUT2D eigenvalue weighted by molar-refractivity contribution is -0.385. The summed E-state index contributed by atoms with van der Waals surface area (Å²) in [5.74, 6) is 0.485. The van der Waals surface area contributed by atoms with Gasteiger partial charge in [-0.3, -0.25) is 10.1 Å². The van der Waals surface area contributed by atoms with Crippen LogP contribution >= 0.6 is 0 Å². The van der Waals surface area contributed by atoms with Crippen molar-refractivity contribution in [3.63, 3.8) is 0 Å². The lowest BCUT2D eigenvalue weighted by Crippen LogP contribution is -2.04. The van der Waals surface area contributed by atoms with E-state index in [0.717, 1.165) is 13.0 Å². The molecule has 0 atom stereocenters. The molecule has 0 radical (unpaired) electrons. The standard InChI is InChI=1S/C9H10N4O2/c1-2-5-11-9-4-3-8(13(14)15)7(6-10)12-9/h3-4H,2,5H2,1H3,(H,11,12). The summed E-state index contributed by atoms with van der Waals surface area (Å²) in [5.41, 5.74) is -0.430. The van der Waals surface area contributed by atoms with Gasteiger partial charge in [0.1, 0.15) is 11.9 Å². The number of aromatic nitrogens is 1. The number of pyridine rings is 1. The number of rotatable bonds is 4. The molecule has 1 aromatic heterocycles. The maximum atomic E-state index is 10.5. The Bertz CT molecular complexity index is 411. The fraction of sp³-hybridized carbons (Fsp3) is 0.333. The molecule has 0 fully saturated rings. The van der Waals surface area contributed by atoms with Crippen LogP contribution < -0.4 is 5.32 Å². The molecule has 1 rings (SSSR count). The third-order valence-corrected chi connectivity index (χ3v) is 1.73. The monoisotopic (exact) mass is 206 g/mol. The summed E-state index contributed by atoms with van der Waals surface area (Å²) in [6.07, 6.45) is 0.917. The van der Waals surface area contributed by atoms with E-state index in [0.29, 0.717) is 5.82 Å². The van der Waals surface area contributed by atoms with Crippen LogP contribution in [0.2, 0.25) is 0 Å². The summed E-state index contributed by atoms with van der Waals surface area (Å²) in [5, 5.41) is 22.1. The molecule has 0 aromatic carbocycles. The number of hydrogen-bond donors (Lipinski definition) is 1. The first-order chi connectivity index (χ1) is 7.19. The Morgan fingerprint density at radius 2 is 2.40 bits per heavy atom. The third-order valence-electron chi connectivity index (χ3n) is 1.73. The number of anilines is 1. The van der Waals surface area contributed by atoms with E-state index in [4.69, 9.17) is 5.26 Å². The minimum absolute atomic E-state index is 0.166.